The van der Waals surface area contributed by atoms with Crippen LogP contribution in [0.1, 0.15) is 51.3 Å². The van der Waals surface area contributed by atoms with Crippen molar-refractivity contribution in [2.24, 2.45) is 0 Å². The number of rotatable bonds is 3. The van der Waals surface area contributed by atoms with Crippen LogP contribution in [0.25, 0.3) is 16.0 Å². The first-order chi connectivity index (χ1) is 13.2. The predicted octanol–water partition coefficient (Wildman–Crippen LogP) is 2.57. The molecule has 1 N–H and O–H groups in total. The van der Waals surface area contributed by atoms with Crippen molar-refractivity contribution >= 4 is 33.3 Å². The lowest BCUT2D eigenvalue weighted by Gasteiger charge is -2.11. The normalized spacial score (nSPS) is 12.6. The molecule has 4 aromatic heterocycles. The standard InChI is InChI=1S/C18H18N6O3S/c1-7-6-8(2)24-18(19-7)22-14(23-24)17(26)27-10(4)13-20-15(25)12-9(3)11(5)28-16(12)21-13/h6,10H,1-5H3,(H,20,21,25)/t10-/m0/s1. The molecule has 0 saturated heterocycles. The molecule has 0 aliphatic carbocycles. The van der Waals surface area contributed by atoms with E-state index in [0.717, 1.165) is 21.8 Å². The summed E-state index contributed by atoms with van der Waals surface area (Å²) in [6, 6.07) is 1.84. The molecular weight excluding hydrogens is 380 g/mol. The summed E-state index contributed by atoms with van der Waals surface area (Å²) in [5, 5.41) is 4.73. The smallest absolute Gasteiger partial charge is 0.379 e. The number of ether oxygens (including phenoxy) is 1. The molecule has 1 atom stereocenters. The van der Waals surface area contributed by atoms with E-state index in [1.807, 2.05) is 33.8 Å². The number of aromatic amines is 1. The highest BCUT2D eigenvalue weighted by Crippen LogP contribution is 2.27. The van der Waals surface area contributed by atoms with Gasteiger partial charge in [-0.15, -0.1) is 16.4 Å². The van der Waals surface area contributed by atoms with Crippen LogP contribution in [0.3, 0.4) is 0 Å². The number of aromatic nitrogens is 6. The van der Waals surface area contributed by atoms with Crippen molar-refractivity contribution in [2.45, 2.75) is 40.7 Å². The van der Waals surface area contributed by atoms with Crippen LogP contribution >= 0.6 is 11.3 Å². The van der Waals surface area contributed by atoms with Gasteiger partial charge in [-0.3, -0.25) is 4.79 Å². The lowest BCUT2D eigenvalue weighted by atomic mass is 10.2. The minimum atomic E-state index is -0.769. The average Bonchev–Trinajstić information content (AvgIpc) is 3.16. The van der Waals surface area contributed by atoms with Crippen LogP contribution in [0.4, 0.5) is 0 Å². The van der Waals surface area contributed by atoms with Crippen LogP contribution in [0.15, 0.2) is 10.9 Å². The van der Waals surface area contributed by atoms with Gasteiger partial charge in [0.1, 0.15) is 4.83 Å². The maximum Gasteiger partial charge on any atom is 0.379 e. The second-order valence-corrected chi connectivity index (χ2v) is 7.85. The van der Waals surface area contributed by atoms with Crippen molar-refractivity contribution in [1.82, 2.24) is 29.5 Å². The summed E-state index contributed by atoms with van der Waals surface area (Å²) in [6.07, 6.45) is -0.769. The number of hydrogen-bond acceptors (Lipinski definition) is 8. The molecule has 28 heavy (non-hydrogen) atoms. The second kappa shape index (κ2) is 6.48. The van der Waals surface area contributed by atoms with Crippen molar-refractivity contribution < 1.29 is 9.53 Å². The molecule has 0 aliphatic rings. The Balaban J connectivity index is 1.64. The van der Waals surface area contributed by atoms with E-state index in [2.05, 4.69) is 25.0 Å². The van der Waals surface area contributed by atoms with Crippen LogP contribution in [-0.4, -0.2) is 35.5 Å². The van der Waals surface area contributed by atoms with Crippen molar-refractivity contribution in [1.29, 1.82) is 0 Å². The third-order valence-corrected chi connectivity index (χ3v) is 5.63. The summed E-state index contributed by atoms with van der Waals surface area (Å²) in [6.45, 7) is 9.16. The molecule has 0 bridgehead atoms. The Labute approximate surface area is 163 Å². The van der Waals surface area contributed by atoms with Gasteiger partial charge < -0.3 is 9.72 Å². The van der Waals surface area contributed by atoms with Gasteiger partial charge in [0.05, 0.1) is 5.39 Å². The number of hydrogen-bond donors (Lipinski definition) is 1. The Hall–Kier alpha value is -3.14. The molecule has 0 radical (unpaired) electrons. The van der Waals surface area contributed by atoms with Crippen LogP contribution in [0, 0.1) is 27.7 Å². The molecule has 0 unspecified atom stereocenters. The van der Waals surface area contributed by atoms with Crippen molar-refractivity contribution in [3.05, 3.63) is 49.9 Å². The quantitative estimate of drug-likeness (QED) is 0.527. The summed E-state index contributed by atoms with van der Waals surface area (Å²) in [7, 11) is 0. The van der Waals surface area contributed by atoms with E-state index in [0.29, 0.717) is 16.0 Å². The summed E-state index contributed by atoms with van der Waals surface area (Å²) in [5.74, 6) is -0.203. The molecule has 10 heteroatoms. The second-order valence-electron chi connectivity index (χ2n) is 6.65. The van der Waals surface area contributed by atoms with Gasteiger partial charge in [0, 0.05) is 16.3 Å². The van der Waals surface area contributed by atoms with E-state index in [1.165, 1.54) is 15.9 Å². The Kier molecular flexibility index (Phi) is 4.22. The molecule has 4 rings (SSSR count). The zero-order chi connectivity index (χ0) is 20.2. The van der Waals surface area contributed by atoms with Crippen molar-refractivity contribution in [3.63, 3.8) is 0 Å². The maximum absolute atomic E-state index is 12.5. The number of esters is 1. The maximum atomic E-state index is 12.5. The number of nitrogens with one attached hydrogen (secondary N) is 1. The molecule has 144 valence electrons. The number of carbonyl (C=O) groups excluding carboxylic acids is 1. The van der Waals surface area contributed by atoms with Gasteiger partial charge >= 0.3 is 5.97 Å². The zero-order valence-electron chi connectivity index (χ0n) is 16.0. The number of carbonyl (C=O) groups is 1. The van der Waals surface area contributed by atoms with E-state index >= 15 is 0 Å². The highest BCUT2D eigenvalue weighted by molar-refractivity contribution is 7.18. The average molecular weight is 398 g/mol. The van der Waals surface area contributed by atoms with Crippen LogP contribution < -0.4 is 5.56 Å². The third kappa shape index (κ3) is 2.95. The zero-order valence-corrected chi connectivity index (χ0v) is 16.8. The van der Waals surface area contributed by atoms with Crippen LogP contribution in [-0.2, 0) is 4.74 Å². The number of nitrogens with zero attached hydrogens (tertiary/aromatic N) is 5. The Morgan fingerprint density at radius 3 is 2.71 bits per heavy atom. The van der Waals surface area contributed by atoms with Gasteiger partial charge in [-0.1, -0.05) is 0 Å². The van der Waals surface area contributed by atoms with Gasteiger partial charge in [0.15, 0.2) is 11.9 Å². The molecular formula is C18H18N6O3S. The Morgan fingerprint density at radius 1 is 1.21 bits per heavy atom. The molecule has 0 aromatic carbocycles. The van der Waals surface area contributed by atoms with Gasteiger partial charge in [-0.2, -0.15) is 4.98 Å². The van der Waals surface area contributed by atoms with Gasteiger partial charge in [0.2, 0.25) is 0 Å². The van der Waals surface area contributed by atoms with Crippen LogP contribution in [0.5, 0.6) is 0 Å². The molecule has 4 heterocycles. The van der Waals surface area contributed by atoms with Crippen LogP contribution in [0.2, 0.25) is 0 Å². The Bertz CT molecular complexity index is 1300. The molecule has 0 amide bonds. The molecule has 4 aromatic rings. The van der Waals surface area contributed by atoms with E-state index in [-0.39, 0.29) is 17.2 Å². The number of thiophene rings is 1. The van der Waals surface area contributed by atoms with Gasteiger partial charge in [-0.05, 0) is 46.2 Å². The first-order valence-corrected chi connectivity index (χ1v) is 9.48. The Morgan fingerprint density at radius 2 is 1.96 bits per heavy atom. The molecule has 9 nitrogen and oxygen atoms in total. The SMILES string of the molecule is Cc1cc(C)n2nc(C(=O)O[C@@H](C)c3nc4sc(C)c(C)c4c(=O)[nH]3)nc2n1. The van der Waals surface area contributed by atoms with E-state index < -0.39 is 12.1 Å². The number of fused-ring (bicyclic) bond motifs is 2. The monoisotopic (exact) mass is 398 g/mol. The molecule has 0 aliphatic heterocycles. The van der Waals surface area contributed by atoms with E-state index in [1.54, 1.807) is 6.92 Å². The highest BCUT2D eigenvalue weighted by Gasteiger charge is 2.22. The molecule has 0 spiro atoms. The van der Waals surface area contributed by atoms with Gasteiger partial charge in [-0.25, -0.2) is 19.3 Å². The highest BCUT2D eigenvalue weighted by atomic mass is 32.1. The fourth-order valence-corrected chi connectivity index (χ4v) is 4.02. The summed E-state index contributed by atoms with van der Waals surface area (Å²) >= 11 is 1.44. The fourth-order valence-electron chi connectivity index (χ4n) is 2.99. The summed E-state index contributed by atoms with van der Waals surface area (Å²) in [4.78, 5) is 42.1. The van der Waals surface area contributed by atoms with Crippen molar-refractivity contribution in [2.75, 3.05) is 0 Å². The largest absolute Gasteiger partial charge is 0.449 e. The number of aryl methyl sites for hydroxylation is 4. The fraction of sp³-hybridized carbons (Fsp3) is 0.333. The first kappa shape index (κ1) is 18.2. The lowest BCUT2D eigenvalue weighted by Crippen LogP contribution is -2.18. The van der Waals surface area contributed by atoms with Crippen molar-refractivity contribution in [3.8, 4) is 0 Å². The lowest BCUT2D eigenvalue weighted by molar-refractivity contribution is 0.0306. The van der Waals surface area contributed by atoms with E-state index in [4.69, 9.17) is 4.74 Å². The molecule has 0 fully saturated rings. The first-order valence-electron chi connectivity index (χ1n) is 8.66. The predicted molar refractivity (Wildman–Crippen MR) is 104 cm³/mol. The van der Waals surface area contributed by atoms with E-state index in [9.17, 15) is 9.59 Å². The summed E-state index contributed by atoms with van der Waals surface area (Å²) < 4.78 is 6.91. The third-order valence-electron chi connectivity index (χ3n) is 4.53. The topological polar surface area (TPSA) is 115 Å². The molecule has 0 saturated carbocycles. The number of H-pyrrole nitrogens is 1. The summed E-state index contributed by atoms with van der Waals surface area (Å²) in [5.41, 5.74) is 2.26. The van der Waals surface area contributed by atoms with Gasteiger partial charge in [0.25, 0.3) is 17.2 Å². The minimum Gasteiger partial charge on any atom is -0.449 e. The minimum absolute atomic E-state index is 0.0979.